The van der Waals surface area contributed by atoms with Gasteiger partial charge in [0.05, 0.1) is 16.3 Å². The molecule has 0 bridgehead atoms. The van der Waals surface area contributed by atoms with E-state index in [9.17, 15) is 13.2 Å². The van der Waals surface area contributed by atoms with E-state index in [0.717, 1.165) is 16.1 Å². The van der Waals surface area contributed by atoms with Crippen LogP contribution in [-0.2, 0) is 20.6 Å². The summed E-state index contributed by atoms with van der Waals surface area (Å²) in [7, 11) is -3.38. The number of aromatic nitrogens is 2. The first kappa shape index (κ1) is 19.8. The first-order valence-corrected chi connectivity index (χ1v) is 11.9. The highest BCUT2D eigenvalue weighted by Gasteiger charge is 2.31. The molecule has 9 heteroatoms. The number of benzene rings is 1. The van der Waals surface area contributed by atoms with Crippen molar-refractivity contribution in [1.82, 2.24) is 14.5 Å². The predicted molar refractivity (Wildman–Crippen MR) is 114 cm³/mol. The van der Waals surface area contributed by atoms with E-state index in [-0.39, 0.29) is 17.6 Å². The van der Waals surface area contributed by atoms with Crippen LogP contribution in [0.3, 0.4) is 0 Å². The number of nitrogens with one attached hydrogen (secondary N) is 2. The van der Waals surface area contributed by atoms with Crippen molar-refractivity contribution in [3.63, 3.8) is 0 Å². The van der Waals surface area contributed by atoms with Crippen LogP contribution in [0.5, 0.6) is 0 Å². The van der Waals surface area contributed by atoms with Gasteiger partial charge in [-0.2, -0.15) is 5.10 Å². The summed E-state index contributed by atoms with van der Waals surface area (Å²) in [6, 6.07) is 14.9. The fraction of sp³-hybridized carbons (Fsp3) is 0.300. The SMILES string of the molecule is O=C(Nc1cc(-c2cccs2)[nH]n1)C1CCN(S(=O)(=O)Cc2ccccc2)CC1. The second-order valence-corrected chi connectivity index (χ2v) is 9.97. The van der Waals surface area contributed by atoms with Crippen molar-refractivity contribution >= 4 is 33.1 Å². The van der Waals surface area contributed by atoms with Gasteiger partial charge in [-0.25, -0.2) is 12.7 Å². The van der Waals surface area contributed by atoms with E-state index < -0.39 is 10.0 Å². The molecule has 4 rings (SSSR count). The maximum atomic E-state index is 12.7. The molecule has 0 unspecified atom stereocenters. The van der Waals surface area contributed by atoms with Crippen LogP contribution in [0.15, 0.2) is 53.9 Å². The minimum atomic E-state index is -3.38. The summed E-state index contributed by atoms with van der Waals surface area (Å²) in [6.07, 6.45) is 1.00. The lowest BCUT2D eigenvalue weighted by atomic mass is 9.97. The number of thiophene rings is 1. The summed E-state index contributed by atoms with van der Waals surface area (Å²) < 4.78 is 26.8. The van der Waals surface area contributed by atoms with Crippen LogP contribution in [0.2, 0.25) is 0 Å². The smallest absolute Gasteiger partial charge is 0.228 e. The number of hydrogen-bond acceptors (Lipinski definition) is 5. The molecule has 2 N–H and O–H groups in total. The number of carbonyl (C=O) groups is 1. The van der Waals surface area contributed by atoms with Crippen LogP contribution in [0.25, 0.3) is 10.6 Å². The normalized spacial score (nSPS) is 16.0. The highest BCUT2D eigenvalue weighted by atomic mass is 32.2. The molecular weight excluding hydrogens is 408 g/mol. The minimum Gasteiger partial charge on any atom is -0.309 e. The van der Waals surface area contributed by atoms with E-state index in [4.69, 9.17) is 0 Å². The summed E-state index contributed by atoms with van der Waals surface area (Å²) >= 11 is 1.59. The number of nitrogens with zero attached hydrogens (tertiary/aromatic N) is 2. The van der Waals surface area contributed by atoms with Crippen molar-refractivity contribution in [1.29, 1.82) is 0 Å². The van der Waals surface area contributed by atoms with Crippen molar-refractivity contribution in [2.75, 3.05) is 18.4 Å². The third-order valence-corrected chi connectivity index (χ3v) is 7.78. The molecule has 0 atom stereocenters. The highest BCUT2D eigenvalue weighted by Crippen LogP contribution is 2.26. The summed E-state index contributed by atoms with van der Waals surface area (Å²) in [4.78, 5) is 13.6. The number of H-pyrrole nitrogens is 1. The number of anilines is 1. The largest absolute Gasteiger partial charge is 0.309 e. The number of piperidine rings is 1. The molecule has 0 spiro atoms. The lowest BCUT2D eigenvalue weighted by Crippen LogP contribution is -2.41. The van der Waals surface area contributed by atoms with E-state index in [1.807, 2.05) is 53.9 Å². The molecule has 1 amide bonds. The average Bonchev–Trinajstić information content (AvgIpc) is 3.40. The van der Waals surface area contributed by atoms with Crippen molar-refractivity contribution in [2.45, 2.75) is 18.6 Å². The number of amides is 1. The Balaban J connectivity index is 1.31. The maximum Gasteiger partial charge on any atom is 0.228 e. The van der Waals surface area contributed by atoms with Crippen LogP contribution < -0.4 is 5.32 Å². The molecule has 3 aromatic rings. The molecule has 152 valence electrons. The molecule has 0 aliphatic carbocycles. The molecule has 1 aliphatic rings. The summed E-state index contributed by atoms with van der Waals surface area (Å²) in [5.74, 6) is 0.135. The van der Waals surface area contributed by atoms with Gasteiger partial charge in [0.1, 0.15) is 0 Å². The van der Waals surface area contributed by atoms with Crippen LogP contribution in [-0.4, -0.2) is 41.9 Å². The van der Waals surface area contributed by atoms with Crippen molar-refractivity contribution in [2.24, 2.45) is 5.92 Å². The quantitative estimate of drug-likeness (QED) is 0.627. The van der Waals surface area contributed by atoms with E-state index in [2.05, 4.69) is 15.5 Å². The first-order valence-electron chi connectivity index (χ1n) is 9.43. The number of hydrogen-bond donors (Lipinski definition) is 2. The van der Waals surface area contributed by atoms with Gasteiger partial charge in [0.25, 0.3) is 0 Å². The fourth-order valence-corrected chi connectivity index (χ4v) is 5.70. The van der Waals surface area contributed by atoms with Crippen molar-refractivity contribution in [3.8, 4) is 10.6 Å². The zero-order chi connectivity index (χ0) is 20.3. The van der Waals surface area contributed by atoms with Crippen molar-refractivity contribution in [3.05, 3.63) is 59.5 Å². The topological polar surface area (TPSA) is 95.2 Å². The Morgan fingerprint density at radius 3 is 2.62 bits per heavy atom. The Bertz CT molecular complexity index is 1050. The van der Waals surface area contributed by atoms with E-state index in [1.165, 1.54) is 4.31 Å². The Morgan fingerprint density at radius 2 is 1.93 bits per heavy atom. The molecule has 0 saturated carbocycles. The molecule has 7 nitrogen and oxygen atoms in total. The maximum absolute atomic E-state index is 12.7. The molecule has 3 heterocycles. The second-order valence-electron chi connectivity index (χ2n) is 7.05. The molecule has 1 saturated heterocycles. The van der Waals surface area contributed by atoms with Gasteiger partial charge in [-0.1, -0.05) is 36.4 Å². The van der Waals surface area contributed by atoms with Gasteiger partial charge in [-0.3, -0.25) is 9.89 Å². The third-order valence-electron chi connectivity index (χ3n) is 5.03. The van der Waals surface area contributed by atoms with Crippen LogP contribution in [0.4, 0.5) is 5.82 Å². The van der Waals surface area contributed by atoms with Gasteiger partial charge in [0.15, 0.2) is 5.82 Å². The molecule has 1 aliphatic heterocycles. The van der Waals surface area contributed by atoms with E-state index in [0.29, 0.717) is 31.7 Å². The second kappa shape index (κ2) is 8.48. The molecule has 0 radical (unpaired) electrons. The Morgan fingerprint density at radius 1 is 1.17 bits per heavy atom. The molecule has 2 aromatic heterocycles. The predicted octanol–water partition coefficient (Wildman–Crippen LogP) is 3.32. The standard InChI is InChI=1S/C20H22N4O3S2/c25-20(21-19-13-17(22-23-19)18-7-4-12-28-18)16-8-10-24(11-9-16)29(26,27)14-15-5-2-1-3-6-15/h1-7,12-13,16H,8-11,14H2,(H2,21,22,23,25). The monoisotopic (exact) mass is 430 g/mol. The molecule has 1 fully saturated rings. The Kier molecular flexibility index (Phi) is 5.79. The Hall–Kier alpha value is -2.49. The number of aromatic amines is 1. The number of sulfonamides is 1. The lowest BCUT2D eigenvalue weighted by molar-refractivity contribution is -0.120. The van der Waals surface area contributed by atoms with Gasteiger partial charge in [-0.15, -0.1) is 11.3 Å². The van der Waals surface area contributed by atoms with E-state index in [1.54, 1.807) is 11.3 Å². The molecular formula is C20H22N4O3S2. The van der Waals surface area contributed by atoms with Gasteiger partial charge in [0, 0.05) is 25.1 Å². The lowest BCUT2D eigenvalue weighted by Gasteiger charge is -2.30. The van der Waals surface area contributed by atoms with Gasteiger partial charge >= 0.3 is 0 Å². The fourth-order valence-electron chi connectivity index (χ4n) is 3.44. The zero-order valence-electron chi connectivity index (χ0n) is 15.7. The van der Waals surface area contributed by atoms with Crippen LogP contribution in [0, 0.1) is 5.92 Å². The molecule has 29 heavy (non-hydrogen) atoms. The number of carbonyl (C=O) groups excluding carboxylic acids is 1. The number of rotatable bonds is 6. The van der Waals surface area contributed by atoms with Crippen LogP contribution in [0.1, 0.15) is 18.4 Å². The summed E-state index contributed by atoms with van der Waals surface area (Å²) in [5, 5.41) is 11.9. The van der Waals surface area contributed by atoms with Gasteiger partial charge in [-0.05, 0) is 29.9 Å². The Labute approximate surface area is 173 Å². The van der Waals surface area contributed by atoms with Gasteiger partial charge in [0.2, 0.25) is 15.9 Å². The van der Waals surface area contributed by atoms with Crippen LogP contribution >= 0.6 is 11.3 Å². The summed E-state index contributed by atoms with van der Waals surface area (Å²) in [5.41, 5.74) is 1.63. The zero-order valence-corrected chi connectivity index (χ0v) is 17.4. The average molecular weight is 431 g/mol. The highest BCUT2D eigenvalue weighted by molar-refractivity contribution is 7.88. The third kappa shape index (κ3) is 4.75. The molecule has 1 aromatic carbocycles. The minimum absolute atomic E-state index is 0.0104. The first-order chi connectivity index (χ1) is 14.0. The van der Waals surface area contributed by atoms with E-state index >= 15 is 0 Å². The van der Waals surface area contributed by atoms with Crippen molar-refractivity contribution < 1.29 is 13.2 Å². The van der Waals surface area contributed by atoms with Gasteiger partial charge < -0.3 is 5.32 Å². The summed E-state index contributed by atoms with van der Waals surface area (Å²) in [6.45, 7) is 0.711.